The minimum Gasteiger partial charge on any atom is -0.355 e. The molecule has 2 aromatic rings. The Balaban J connectivity index is 1.50. The highest BCUT2D eigenvalue weighted by Gasteiger charge is 2.23. The average Bonchev–Trinajstić information content (AvgIpc) is 2.72. The molecule has 0 aromatic heterocycles. The molecule has 3 rings (SSSR count). The zero-order valence-corrected chi connectivity index (χ0v) is 18.1. The molecule has 1 N–H and O–H groups in total. The van der Waals surface area contributed by atoms with Crippen molar-refractivity contribution in [2.75, 3.05) is 33.2 Å². The van der Waals surface area contributed by atoms with Gasteiger partial charge in [0, 0.05) is 26.2 Å². The number of nitrogens with zero attached hydrogens (tertiary/aromatic N) is 2. The molecule has 0 bridgehead atoms. The normalized spacial score (nSPS) is 18.2. The molecule has 158 valence electrons. The van der Waals surface area contributed by atoms with Crippen LogP contribution in [0.1, 0.15) is 32.6 Å². The lowest BCUT2D eigenvalue weighted by molar-refractivity contribution is -0.121. The summed E-state index contributed by atoms with van der Waals surface area (Å²) in [6.07, 6.45) is 4.65. The summed E-state index contributed by atoms with van der Waals surface area (Å²) in [6, 6.07) is 13.2. The lowest BCUT2D eigenvalue weighted by atomic mass is 10.0. The zero-order chi connectivity index (χ0) is 20.9. The molecule has 1 atom stereocenters. The highest BCUT2D eigenvalue weighted by atomic mass is 32.2. The van der Waals surface area contributed by atoms with Gasteiger partial charge in [0.15, 0.2) is 0 Å². The summed E-state index contributed by atoms with van der Waals surface area (Å²) in [7, 11) is -2.27. The van der Waals surface area contributed by atoms with Crippen molar-refractivity contribution >= 4 is 26.7 Å². The largest absolute Gasteiger partial charge is 0.355 e. The number of rotatable bonds is 8. The Morgan fingerprint density at radius 3 is 2.69 bits per heavy atom. The fraction of sp³-hybridized carbons (Fsp3) is 0.500. The summed E-state index contributed by atoms with van der Waals surface area (Å²) in [5, 5.41) is 4.69. The van der Waals surface area contributed by atoms with E-state index in [9.17, 15) is 13.2 Å². The van der Waals surface area contributed by atoms with Gasteiger partial charge in [-0.2, -0.15) is 4.31 Å². The van der Waals surface area contributed by atoms with E-state index in [1.165, 1.54) is 26.3 Å². The fourth-order valence-electron chi connectivity index (χ4n) is 3.85. The molecular formula is C22H31N3O3S. The Labute approximate surface area is 173 Å². The van der Waals surface area contributed by atoms with Gasteiger partial charge in [-0.15, -0.1) is 0 Å². The van der Waals surface area contributed by atoms with Crippen molar-refractivity contribution in [2.45, 2.75) is 43.5 Å². The van der Waals surface area contributed by atoms with Crippen molar-refractivity contribution in [1.82, 2.24) is 14.5 Å². The van der Waals surface area contributed by atoms with E-state index in [4.69, 9.17) is 0 Å². The third kappa shape index (κ3) is 5.56. The molecule has 0 spiro atoms. The van der Waals surface area contributed by atoms with Crippen LogP contribution < -0.4 is 5.32 Å². The molecule has 0 saturated carbocycles. The topological polar surface area (TPSA) is 69.7 Å². The maximum absolute atomic E-state index is 12.8. The van der Waals surface area contributed by atoms with Gasteiger partial charge in [-0.05, 0) is 55.6 Å². The van der Waals surface area contributed by atoms with E-state index in [2.05, 4.69) is 17.1 Å². The van der Waals surface area contributed by atoms with E-state index in [-0.39, 0.29) is 17.3 Å². The van der Waals surface area contributed by atoms with Crippen molar-refractivity contribution in [2.24, 2.45) is 0 Å². The molecule has 1 saturated heterocycles. The third-order valence-corrected chi connectivity index (χ3v) is 7.48. The van der Waals surface area contributed by atoms with E-state index in [1.807, 2.05) is 24.3 Å². The summed E-state index contributed by atoms with van der Waals surface area (Å²) >= 11 is 0. The zero-order valence-electron chi connectivity index (χ0n) is 17.3. The third-order valence-electron chi connectivity index (χ3n) is 5.68. The number of likely N-dealkylation sites (N-methyl/N-ethyl adjacent to an activating group) is 1. The monoisotopic (exact) mass is 417 g/mol. The Kier molecular flexibility index (Phi) is 7.27. The number of carbonyl (C=O) groups is 1. The quantitative estimate of drug-likeness (QED) is 0.671. The standard InChI is InChI=1S/C22H31N3O3S/c1-18-8-5-6-14-25(18)15-7-13-23-22(26)17-24(2)29(27,28)21-12-11-19-9-3-4-10-20(19)16-21/h3-4,9-12,16,18H,5-8,13-15,17H2,1-2H3,(H,23,26)/t18-/m1/s1. The van der Waals surface area contributed by atoms with Gasteiger partial charge in [0.1, 0.15) is 0 Å². The number of piperidine rings is 1. The van der Waals surface area contributed by atoms with E-state index >= 15 is 0 Å². The highest BCUT2D eigenvalue weighted by molar-refractivity contribution is 7.89. The first-order chi connectivity index (χ1) is 13.9. The first kappa shape index (κ1) is 21.7. The van der Waals surface area contributed by atoms with Crippen LogP contribution in [0.4, 0.5) is 0 Å². The number of fused-ring (bicyclic) bond motifs is 1. The van der Waals surface area contributed by atoms with Gasteiger partial charge >= 0.3 is 0 Å². The number of hydrogen-bond donors (Lipinski definition) is 1. The maximum atomic E-state index is 12.8. The second kappa shape index (κ2) is 9.69. The smallest absolute Gasteiger partial charge is 0.243 e. The van der Waals surface area contributed by atoms with Gasteiger partial charge in [-0.3, -0.25) is 4.79 Å². The second-order valence-electron chi connectivity index (χ2n) is 7.85. The van der Waals surface area contributed by atoms with Crippen LogP contribution in [-0.2, 0) is 14.8 Å². The fourth-order valence-corrected chi connectivity index (χ4v) is 5.01. The molecule has 7 heteroatoms. The van der Waals surface area contributed by atoms with Crippen LogP contribution in [0.3, 0.4) is 0 Å². The van der Waals surface area contributed by atoms with Crippen molar-refractivity contribution in [3.05, 3.63) is 42.5 Å². The van der Waals surface area contributed by atoms with E-state index in [0.717, 1.165) is 34.6 Å². The van der Waals surface area contributed by atoms with Crippen LogP contribution in [0.2, 0.25) is 0 Å². The van der Waals surface area contributed by atoms with Crippen LogP contribution in [-0.4, -0.2) is 62.8 Å². The summed E-state index contributed by atoms with van der Waals surface area (Å²) in [5.41, 5.74) is 0. The minimum atomic E-state index is -3.72. The molecule has 2 aromatic carbocycles. The Morgan fingerprint density at radius 2 is 1.93 bits per heavy atom. The first-order valence-electron chi connectivity index (χ1n) is 10.3. The Morgan fingerprint density at radius 1 is 1.17 bits per heavy atom. The maximum Gasteiger partial charge on any atom is 0.243 e. The summed E-state index contributed by atoms with van der Waals surface area (Å²) in [6.45, 7) is 4.72. The molecule has 0 unspecified atom stereocenters. The van der Waals surface area contributed by atoms with Gasteiger partial charge < -0.3 is 10.2 Å². The highest BCUT2D eigenvalue weighted by Crippen LogP contribution is 2.21. The minimum absolute atomic E-state index is 0.185. The summed E-state index contributed by atoms with van der Waals surface area (Å²) in [5.74, 6) is -0.274. The number of amides is 1. The number of carbonyl (C=O) groups excluding carboxylic acids is 1. The molecule has 6 nitrogen and oxygen atoms in total. The van der Waals surface area contributed by atoms with Gasteiger partial charge in [0.25, 0.3) is 0 Å². The molecular weight excluding hydrogens is 386 g/mol. The van der Waals surface area contributed by atoms with Gasteiger partial charge in [-0.1, -0.05) is 36.8 Å². The molecule has 1 aliphatic rings. The van der Waals surface area contributed by atoms with Gasteiger partial charge in [0.2, 0.25) is 15.9 Å². The molecule has 0 radical (unpaired) electrons. The summed E-state index contributed by atoms with van der Waals surface area (Å²) in [4.78, 5) is 14.9. The first-order valence-corrected chi connectivity index (χ1v) is 11.8. The van der Waals surface area contributed by atoms with Crippen LogP contribution in [0, 0.1) is 0 Å². The van der Waals surface area contributed by atoms with Crippen molar-refractivity contribution in [3.8, 4) is 0 Å². The average molecular weight is 418 g/mol. The molecule has 0 aliphatic carbocycles. The summed E-state index contributed by atoms with van der Waals surface area (Å²) < 4.78 is 26.8. The van der Waals surface area contributed by atoms with E-state index in [0.29, 0.717) is 12.6 Å². The van der Waals surface area contributed by atoms with Gasteiger partial charge in [-0.25, -0.2) is 8.42 Å². The SMILES string of the molecule is C[C@@H]1CCCCN1CCCNC(=O)CN(C)S(=O)(=O)c1ccc2ccccc2c1. The number of hydrogen-bond acceptors (Lipinski definition) is 4. The number of benzene rings is 2. The Bertz CT molecular complexity index is 945. The lowest BCUT2D eigenvalue weighted by Gasteiger charge is -2.33. The molecule has 1 amide bonds. The number of nitrogens with one attached hydrogen (secondary N) is 1. The number of sulfonamides is 1. The van der Waals surface area contributed by atoms with Crippen LogP contribution in [0.25, 0.3) is 10.8 Å². The van der Waals surface area contributed by atoms with Crippen LogP contribution in [0.15, 0.2) is 47.4 Å². The van der Waals surface area contributed by atoms with Crippen LogP contribution in [0.5, 0.6) is 0 Å². The molecule has 1 aliphatic heterocycles. The predicted octanol–water partition coefficient (Wildman–Crippen LogP) is 2.84. The van der Waals surface area contributed by atoms with Crippen molar-refractivity contribution < 1.29 is 13.2 Å². The van der Waals surface area contributed by atoms with Crippen molar-refractivity contribution in [3.63, 3.8) is 0 Å². The number of likely N-dealkylation sites (tertiary alicyclic amines) is 1. The molecule has 1 fully saturated rings. The van der Waals surface area contributed by atoms with E-state index in [1.54, 1.807) is 18.2 Å². The molecule has 29 heavy (non-hydrogen) atoms. The van der Waals surface area contributed by atoms with Crippen LogP contribution >= 0.6 is 0 Å². The van der Waals surface area contributed by atoms with Gasteiger partial charge in [0.05, 0.1) is 11.4 Å². The lowest BCUT2D eigenvalue weighted by Crippen LogP contribution is -2.41. The predicted molar refractivity (Wildman–Crippen MR) is 116 cm³/mol. The van der Waals surface area contributed by atoms with E-state index < -0.39 is 10.0 Å². The molecule has 1 heterocycles. The van der Waals surface area contributed by atoms with Crippen molar-refractivity contribution in [1.29, 1.82) is 0 Å². The second-order valence-corrected chi connectivity index (χ2v) is 9.90. The Hall–Kier alpha value is -1.96.